The van der Waals surface area contributed by atoms with Crippen molar-refractivity contribution in [3.8, 4) is 11.5 Å². The third-order valence-electron chi connectivity index (χ3n) is 5.66. The Morgan fingerprint density at radius 2 is 1.86 bits per heavy atom. The highest BCUT2D eigenvalue weighted by Gasteiger charge is 2.32. The number of aliphatic imine (C=N–C) groups is 1. The number of aromatic hydroxyl groups is 2. The van der Waals surface area contributed by atoms with Crippen molar-refractivity contribution in [1.29, 1.82) is 0 Å². The van der Waals surface area contributed by atoms with E-state index in [-0.39, 0.29) is 46.3 Å². The van der Waals surface area contributed by atoms with Crippen molar-refractivity contribution in [2.75, 3.05) is 5.32 Å². The minimum atomic E-state index is -0.754. The molecule has 0 saturated heterocycles. The molecule has 1 aliphatic heterocycles. The number of carbonyl (C=O) groups excluding carboxylic acids is 1. The van der Waals surface area contributed by atoms with Crippen LogP contribution in [0.4, 0.5) is 15.9 Å². The van der Waals surface area contributed by atoms with Crippen LogP contribution in [0.2, 0.25) is 0 Å². The van der Waals surface area contributed by atoms with Crippen molar-refractivity contribution in [2.45, 2.75) is 19.4 Å². The zero-order chi connectivity index (χ0) is 24.7. The second-order valence-corrected chi connectivity index (χ2v) is 8.06. The maximum Gasteiger partial charge on any atom is 0.348 e. The second kappa shape index (κ2) is 8.56. The van der Waals surface area contributed by atoms with Crippen LogP contribution in [0.25, 0.3) is 0 Å². The van der Waals surface area contributed by atoms with Gasteiger partial charge in [-0.2, -0.15) is 5.10 Å². The summed E-state index contributed by atoms with van der Waals surface area (Å²) in [6.07, 6.45) is 1.52. The zero-order valence-corrected chi connectivity index (χ0v) is 18.4. The Balaban J connectivity index is 1.62. The number of phenolic OH excluding ortho intramolecular Hbond substituents is 1. The van der Waals surface area contributed by atoms with E-state index in [0.717, 1.165) is 5.56 Å². The Morgan fingerprint density at radius 1 is 1.14 bits per heavy atom. The second-order valence-electron chi connectivity index (χ2n) is 8.06. The molecule has 3 heterocycles. The lowest BCUT2D eigenvalue weighted by molar-refractivity contribution is 0.102. The number of aromatic nitrogens is 2. The van der Waals surface area contributed by atoms with Crippen LogP contribution in [-0.4, -0.2) is 31.6 Å². The number of amides is 1. The fourth-order valence-electron chi connectivity index (χ4n) is 4.01. The summed E-state index contributed by atoms with van der Waals surface area (Å²) in [5, 5.41) is 27.3. The van der Waals surface area contributed by atoms with Crippen LogP contribution >= 0.6 is 0 Å². The quantitative estimate of drug-likeness (QED) is 0.409. The number of phenols is 1. The number of anilines is 1. The Labute approximate surface area is 197 Å². The fraction of sp³-hybridized carbons (Fsp3) is 0.120. The number of halogens is 1. The first-order chi connectivity index (χ1) is 16.8. The minimum absolute atomic E-state index is 0.0790. The van der Waals surface area contributed by atoms with Gasteiger partial charge in [0.05, 0.1) is 18.0 Å². The molecule has 0 unspecified atom stereocenters. The van der Waals surface area contributed by atoms with Crippen LogP contribution in [0.1, 0.15) is 39.7 Å². The van der Waals surface area contributed by atoms with E-state index >= 15 is 0 Å². The predicted octanol–water partition coefficient (Wildman–Crippen LogP) is 4.06. The van der Waals surface area contributed by atoms with Crippen molar-refractivity contribution < 1.29 is 23.8 Å². The maximum absolute atomic E-state index is 13.2. The Hall–Kier alpha value is -4.73. The molecule has 1 amide bonds. The van der Waals surface area contributed by atoms with Gasteiger partial charge in [-0.1, -0.05) is 12.1 Å². The van der Waals surface area contributed by atoms with Crippen LogP contribution in [0.5, 0.6) is 11.5 Å². The normalized spacial score (nSPS) is 14.8. The molecule has 0 spiro atoms. The smallest absolute Gasteiger partial charge is 0.348 e. The average molecular weight is 474 g/mol. The summed E-state index contributed by atoms with van der Waals surface area (Å²) in [6.45, 7) is 1.54. The zero-order valence-electron chi connectivity index (χ0n) is 18.4. The van der Waals surface area contributed by atoms with Gasteiger partial charge in [0.1, 0.15) is 34.2 Å². The van der Waals surface area contributed by atoms with Gasteiger partial charge in [-0.25, -0.2) is 18.9 Å². The minimum Gasteiger partial charge on any atom is -0.508 e. The van der Waals surface area contributed by atoms with E-state index in [2.05, 4.69) is 15.4 Å². The molecule has 4 aromatic rings. The first-order valence-corrected chi connectivity index (χ1v) is 10.6. The maximum atomic E-state index is 13.2. The number of nitrogens with one attached hydrogen (secondary N) is 1. The highest BCUT2D eigenvalue weighted by Crippen LogP contribution is 2.37. The fourth-order valence-corrected chi connectivity index (χ4v) is 4.01. The summed E-state index contributed by atoms with van der Waals surface area (Å²) in [6, 6.07) is 12.6. The van der Waals surface area contributed by atoms with Crippen molar-refractivity contribution >= 4 is 23.1 Å². The molecule has 0 saturated carbocycles. The molecule has 0 bridgehead atoms. The van der Waals surface area contributed by atoms with E-state index in [1.165, 1.54) is 48.7 Å². The summed E-state index contributed by atoms with van der Waals surface area (Å²) in [7, 11) is 0. The summed E-state index contributed by atoms with van der Waals surface area (Å²) < 4.78 is 19.9. The lowest BCUT2D eigenvalue weighted by Crippen LogP contribution is -2.25. The number of hydrogen-bond donors (Lipinski definition) is 3. The number of hydrogen-bond acceptors (Lipinski definition) is 7. The van der Waals surface area contributed by atoms with Crippen LogP contribution < -0.4 is 10.9 Å². The van der Waals surface area contributed by atoms with Gasteiger partial charge in [0, 0.05) is 18.2 Å². The lowest BCUT2D eigenvalue weighted by Gasteiger charge is -2.25. The largest absolute Gasteiger partial charge is 0.508 e. The molecule has 176 valence electrons. The Bertz CT molecular complexity index is 1520. The van der Waals surface area contributed by atoms with Gasteiger partial charge >= 0.3 is 5.63 Å². The highest BCUT2D eigenvalue weighted by atomic mass is 19.1. The first-order valence-electron chi connectivity index (χ1n) is 10.6. The number of benzene rings is 2. The third kappa shape index (κ3) is 4.17. The predicted molar refractivity (Wildman–Crippen MR) is 125 cm³/mol. The van der Waals surface area contributed by atoms with Crippen molar-refractivity contribution in [2.24, 2.45) is 4.99 Å². The molecule has 2 aromatic heterocycles. The number of fused-ring (bicyclic) bond motifs is 1. The van der Waals surface area contributed by atoms with Gasteiger partial charge < -0.3 is 19.9 Å². The van der Waals surface area contributed by atoms with Crippen LogP contribution in [0.3, 0.4) is 0 Å². The van der Waals surface area contributed by atoms with Crippen molar-refractivity contribution in [3.05, 3.63) is 99.5 Å². The Kier molecular flexibility index (Phi) is 5.40. The molecule has 3 N–H and O–H groups in total. The van der Waals surface area contributed by atoms with E-state index in [0.29, 0.717) is 5.69 Å². The SMILES string of the molecule is Cc1cc(O)c(C2=Nc3c(C(=O)Nc4ccc(F)cc4)cnn3[C@H](c3ccc(O)cc3)C2)c(=O)o1. The monoisotopic (exact) mass is 474 g/mol. The Morgan fingerprint density at radius 3 is 2.54 bits per heavy atom. The molecule has 5 rings (SSSR count). The molecule has 35 heavy (non-hydrogen) atoms. The van der Waals surface area contributed by atoms with Crippen molar-refractivity contribution in [3.63, 3.8) is 0 Å². The summed E-state index contributed by atoms with van der Waals surface area (Å²) in [5.74, 6) is -0.765. The van der Waals surface area contributed by atoms with Crippen molar-refractivity contribution in [1.82, 2.24) is 9.78 Å². The van der Waals surface area contributed by atoms with Crippen LogP contribution in [0, 0.1) is 12.7 Å². The summed E-state index contributed by atoms with van der Waals surface area (Å²) >= 11 is 0. The molecule has 0 aliphatic carbocycles. The average Bonchev–Trinajstić information content (AvgIpc) is 3.24. The van der Waals surface area contributed by atoms with E-state index in [1.807, 2.05) is 0 Å². The van der Waals surface area contributed by atoms with Gasteiger partial charge in [-0.3, -0.25) is 4.79 Å². The van der Waals surface area contributed by atoms with Gasteiger partial charge in [-0.05, 0) is 48.9 Å². The molecule has 1 atom stereocenters. The van der Waals surface area contributed by atoms with E-state index in [9.17, 15) is 24.2 Å². The summed E-state index contributed by atoms with van der Waals surface area (Å²) in [4.78, 5) is 30.2. The summed E-state index contributed by atoms with van der Waals surface area (Å²) in [5.41, 5.74) is 0.599. The van der Waals surface area contributed by atoms with Crippen LogP contribution in [0.15, 0.2) is 75.0 Å². The number of carbonyl (C=O) groups is 1. The number of aryl methyl sites for hydroxylation is 1. The van der Waals surface area contributed by atoms with Gasteiger partial charge in [0.15, 0.2) is 5.82 Å². The van der Waals surface area contributed by atoms with E-state index < -0.39 is 23.4 Å². The molecule has 1 aliphatic rings. The topological polar surface area (TPSA) is 130 Å². The van der Waals surface area contributed by atoms with E-state index in [1.54, 1.807) is 23.7 Å². The molecule has 9 nitrogen and oxygen atoms in total. The van der Waals surface area contributed by atoms with Gasteiger partial charge in [0.2, 0.25) is 0 Å². The standard InChI is InChI=1S/C25H19FN4O5/c1-13-10-21(32)22(25(34)35-13)19-11-20(14-2-8-17(31)9-3-14)30-23(29-19)18(12-27-30)24(33)28-16-6-4-15(26)5-7-16/h2-10,12,20,31-32H,11H2,1H3,(H,28,33)/t20-/m0/s1. The highest BCUT2D eigenvalue weighted by molar-refractivity contribution is 6.10. The molecule has 2 aromatic carbocycles. The van der Waals surface area contributed by atoms with E-state index in [4.69, 9.17) is 4.42 Å². The number of rotatable bonds is 4. The molecular weight excluding hydrogens is 455 g/mol. The van der Waals surface area contributed by atoms with Crippen LogP contribution in [-0.2, 0) is 0 Å². The first kappa shape index (κ1) is 22.1. The third-order valence-corrected chi connectivity index (χ3v) is 5.66. The molecule has 0 fully saturated rings. The molecular formula is C25H19FN4O5. The van der Waals surface area contributed by atoms with Gasteiger partial charge in [0.25, 0.3) is 5.91 Å². The number of nitrogens with zero attached hydrogens (tertiary/aromatic N) is 3. The lowest BCUT2D eigenvalue weighted by atomic mass is 9.96. The molecule has 0 radical (unpaired) electrons. The molecule has 10 heteroatoms. The van der Waals surface area contributed by atoms with Gasteiger partial charge in [-0.15, -0.1) is 0 Å².